The van der Waals surface area contributed by atoms with E-state index >= 15 is 0 Å². The molecule has 1 atom stereocenters. The number of nitrogens with one attached hydrogen (secondary N) is 2. The number of hydrogen-bond donors (Lipinski definition) is 2. The predicted molar refractivity (Wildman–Crippen MR) is 102 cm³/mol. The van der Waals surface area contributed by atoms with E-state index in [1.807, 2.05) is 0 Å². The number of halogens is 2. The van der Waals surface area contributed by atoms with Crippen LogP contribution in [0.4, 0.5) is 4.39 Å². The van der Waals surface area contributed by atoms with Gasteiger partial charge in [-0.2, -0.15) is 0 Å². The van der Waals surface area contributed by atoms with Crippen molar-refractivity contribution in [1.29, 1.82) is 0 Å². The van der Waals surface area contributed by atoms with E-state index in [4.69, 9.17) is 0 Å². The van der Waals surface area contributed by atoms with Crippen molar-refractivity contribution >= 4 is 29.9 Å². The molecule has 0 bridgehead atoms. The van der Waals surface area contributed by atoms with Crippen molar-refractivity contribution in [3.8, 4) is 0 Å². The summed E-state index contributed by atoms with van der Waals surface area (Å²) < 4.78 is 12.8. The highest BCUT2D eigenvalue weighted by Crippen LogP contribution is 2.02. The summed E-state index contributed by atoms with van der Waals surface area (Å²) in [5, 5.41) is 6.50. The molecule has 126 valence electrons. The van der Waals surface area contributed by atoms with E-state index in [9.17, 15) is 4.39 Å². The first-order valence-corrected chi connectivity index (χ1v) is 7.46. The molecule has 2 N–H and O–H groups in total. The van der Waals surface area contributed by atoms with E-state index in [0.29, 0.717) is 12.6 Å². The summed E-state index contributed by atoms with van der Waals surface area (Å²) in [5.74, 6) is 0.547. The molecule has 0 spiro atoms. The van der Waals surface area contributed by atoms with Crippen molar-refractivity contribution in [2.45, 2.75) is 32.9 Å². The summed E-state index contributed by atoms with van der Waals surface area (Å²) in [5.41, 5.74) is 1.02. The van der Waals surface area contributed by atoms with Gasteiger partial charge in [0, 0.05) is 32.7 Å². The molecule has 0 fully saturated rings. The van der Waals surface area contributed by atoms with Crippen molar-refractivity contribution in [1.82, 2.24) is 15.5 Å². The van der Waals surface area contributed by atoms with E-state index in [-0.39, 0.29) is 29.8 Å². The minimum absolute atomic E-state index is 0. The molecule has 6 heteroatoms. The molecule has 4 nitrogen and oxygen atoms in total. The Hall–Kier alpha value is -0.890. The third kappa shape index (κ3) is 7.93. The lowest BCUT2D eigenvalue weighted by Gasteiger charge is -2.24. The van der Waals surface area contributed by atoms with Crippen LogP contribution in [0.2, 0.25) is 0 Å². The SMILES string of the molecule is CCC(C)N(C)CCNC(=NC)NCc1ccc(F)cc1.I. The van der Waals surface area contributed by atoms with Crippen LogP contribution in [0.5, 0.6) is 0 Å². The molecule has 1 aromatic carbocycles. The molecule has 0 radical (unpaired) electrons. The molecule has 0 aromatic heterocycles. The topological polar surface area (TPSA) is 39.7 Å². The Morgan fingerprint density at radius 3 is 2.45 bits per heavy atom. The molecular weight excluding hydrogens is 394 g/mol. The van der Waals surface area contributed by atoms with Crippen LogP contribution in [0.25, 0.3) is 0 Å². The minimum Gasteiger partial charge on any atom is -0.355 e. The zero-order valence-corrected chi connectivity index (χ0v) is 16.2. The third-order valence-electron chi connectivity index (χ3n) is 3.70. The van der Waals surface area contributed by atoms with Crippen LogP contribution in [0.15, 0.2) is 29.3 Å². The highest BCUT2D eigenvalue weighted by Gasteiger charge is 2.06. The summed E-state index contributed by atoms with van der Waals surface area (Å²) in [6, 6.07) is 7.06. The second-order valence-electron chi connectivity index (χ2n) is 5.22. The van der Waals surface area contributed by atoms with Gasteiger partial charge in [-0.15, -0.1) is 24.0 Å². The van der Waals surface area contributed by atoms with Gasteiger partial charge in [0.15, 0.2) is 5.96 Å². The second kappa shape index (κ2) is 11.6. The molecule has 0 aliphatic rings. The van der Waals surface area contributed by atoms with Crippen molar-refractivity contribution in [3.63, 3.8) is 0 Å². The fraction of sp³-hybridized carbons (Fsp3) is 0.562. The summed E-state index contributed by atoms with van der Waals surface area (Å²) in [7, 11) is 3.88. The average molecular weight is 422 g/mol. The van der Waals surface area contributed by atoms with Gasteiger partial charge in [0.1, 0.15) is 5.82 Å². The zero-order chi connectivity index (χ0) is 15.7. The molecule has 1 rings (SSSR count). The number of likely N-dealkylation sites (N-methyl/N-ethyl adjacent to an activating group) is 1. The van der Waals surface area contributed by atoms with Crippen molar-refractivity contribution in [3.05, 3.63) is 35.6 Å². The van der Waals surface area contributed by atoms with Gasteiger partial charge in [-0.3, -0.25) is 4.99 Å². The summed E-state index contributed by atoms with van der Waals surface area (Å²) in [6.07, 6.45) is 1.15. The molecule has 0 aliphatic heterocycles. The van der Waals surface area contributed by atoms with Crippen LogP contribution in [-0.2, 0) is 6.54 Å². The molecule has 0 saturated carbocycles. The smallest absolute Gasteiger partial charge is 0.191 e. The average Bonchev–Trinajstić information content (AvgIpc) is 2.51. The van der Waals surface area contributed by atoms with Gasteiger partial charge in [-0.1, -0.05) is 19.1 Å². The number of nitrogens with zero attached hydrogens (tertiary/aromatic N) is 2. The monoisotopic (exact) mass is 422 g/mol. The zero-order valence-electron chi connectivity index (χ0n) is 13.9. The maximum absolute atomic E-state index is 12.8. The lowest BCUT2D eigenvalue weighted by Crippen LogP contribution is -2.42. The molecule has 22 heavy (non-hydrogen) atoms. The van der Waals surface area contributed by atoms with Crippen LogP contribution in [0, 0.1) is 5.82 Å². The van der Waals surface area contributed by atoms with E-state index in [1.165, 1.54) is 12.1 Å². The first-order chi connectivity index (χ1) is 10.1. The molecule has 1 unspecified atom stereocenters. The summed E-state index contributed by atoms with van der Waals surface area (Å²) in [4.78, 5) is 6.50. The Balaban J connectivity index is 0.00000441. The Bertz CT molecular complexity index is 436. The fourth-order valence-corrected chi connectivity index (χ4v) is 1.89. The van der Waals surface area contributed by atoms with E-state index < -0.39 is 0 Å². The highest BCUT2D eigenvalue weighted by atomic mass is 127. The van der Waals surface area contributed by atoms with Crippen molar-refractivity contribution < 1.29 is 4.39 Å². The summed E-state index contributed by atoms with van der Waals surface area (Å²) >= 11 is 0. The van der Waals surface area contributed by atoms with Crippen molar-refractivity contribution in [2.75, 3.05) is 27.2 Å². The van der Waals surface area contributed by atoms with E-state index in [0.717, 1.165) is 31.0 Å². The van der Waals surface area contributed by atoms with Crippen LogP contribution < -0.4 is 10.6 Å². The lowest BCUT2D eigenvalue weighted by molar-refractivity contribution is 0.255. The van der Waals surface area contributed by atoms with Gasteiger partial charge in [0.25, 0.3) is 0 Å². The van der Waals surface area contributed by atoms with E-state index in [2.05, 4.69) is 41.4 Å². The fourth-order valence-electron chi connectivity index (χ4n) is 1.89. The molecule has 0 amide bonds. The van der Waals surface area contributed by atoms with E-state index in [1.54, 1.807) is 19.2 Å². The third-order valence-corrected chi connectivity index (χ3v) is 3.70. The first-order valence-electron chi connectivity index (χ1n) is 7.46. The first kappa shape index (κ1) is 21.1. The Kier molecular flexibility index (Phi) is 11.2. The summed E-state index contributed by atoms with van der Waals surface area (Å²) in [6.45, 7) is 6.84. The largest absolute Gasteiger partial charge is 0.355 e. The maximum Gasteiger partial charge on any atom is 0.191 e. The minimum atomic E-state index is -0.214. The van der Waals surface area contributed by atoms with Gasteiger partial charge in [-0.05, 0) is 38.1 Å². The molecule has 0 saturated heterocycles. The number of rotatable bonds is 7. The lowest BCUT2D eigenvalue weighted by atomic mass is 10.2. The van der Waals surface area contributed by atoms with Crippen molar-refractivity contribution in [2.24, 2.45) is 4.99 Å². The number of guanidine groups is 1. The highest BCUT2D eigenvalue weighted by molar-refractivity contribution is 14.0. The van der Waals surface area contributed by atoms with Crippen LogP contribution in [-0.4, -0.2) is 44.1 Å². The van der Waals surface area contributed by atoms with Gasteiger partial charge in [-0.25, -0.2) is 4.39 Å². The Morgan fingerprint density at radius 2 is 1.91 bits per heavy atom. The standard InChI is InChI=1S/C16H27FN4.HI/c1-5-13(2)21(4)11-10-19-16(18-3)20-12-14-6-8-15(17)9-7-14;/h6-9,13H,5,10-12H2,1-4H3,(H2,18,19,20);1H. The van der Waals surface area contributed by atoms with Crippen LogP contribution in [0.3, 0.4) is 0 Å². The number of aliphatic imine (C=N–C) groups is 1. The molecule has 0 aliphatic carbocycles. The Morgan fingerprint density at radius 1 is 1.27 bits per heavy atom. The van der Waals surface area contributed by atoms with Gasteiger partial charge < -0.3 is 15.5 Å². The van der Waals surface area contributed by atoms with Gasteiger partial charge >= 0.3 is 0 Å². The Labute approximate surface area is 150 Å². The molecular formula is C16H28FIN4. The number of benzene rings is 1. The predicted octanol–water partition coefficient (Wildman–Crippen LogP) is 2.84. The maximum atomic E-state index is 12.8. The quantitative estimate of drug-likeness (QED) is 0.404. The van der Waals surface area contributed by atoms with Gasteiger partial charge in [0.05, 0.1) is 0 Å². The molecule has 1 aromatic rings. The second-order valence-corrected chi connectivity index (χ2v) is 5.22. The molecule has 0 heterocycles. The van der Waals surface area contributed by atoms with Crippen LogP contribution in [0.1, 0.15) is 25.8 Å². The van der Waals surface area contributed by atoms with Crippen LogP contribution >= 0.6 is 24.0 Å². The van der Waals surface area contributed by atoms with Gasteiger partial charge in [0.2, 0.25) is 0 Å². The normalized spacial score (nSPS) is 12.7. The number of hydrogen-bond acceptors (Lipinski definition) is 2.